The number of ether oxygens (including phenoxy) is 1. The first kappa shape index (κ1) is 41.8. The number of carbonyl (C=O) groups excluding carboxylic acids is 1. The molecule has 0 aromatic rings. The topological polar surface area (TPSA) is 66.8 Å². The number of fused-ring (bicyclic) bond motifs is 5. The third-order valence-electron chi connectivity index (χ3n) is 14.0. The first-order valence-corrected chi connectivity index (χ1v) is 21.4. The standard InChI is InChI=1S/C47H76O4/c1-7-8-9-10-11-14-21-38(48)22-15-12-13-16-23-39(49)24-18-25-45(50)51-40-30-32-46(5)37(34-40)26-27-41-43-29-28-42(36(4)20-17-19-35(2)3)47(43,6)33-31-44(41)46/h11-16,22-23,26,35-36,38-44,48-49H,7-10,17-21,24-25,27-34H2,1-6H3/b13-12+,14-11-,22-15+,23-16-/t36-,38-,39-,40+,41+,42-,43+,44+,46+,47-/m1/s1. The van der Waals surface area contributed by atoms with Crippen molar-refractivity contribution in [1.82, 2.24) is 0 Å². The minimum absolute atomic E-state index is 0.00636. The molecule has 3 saturated carbocycles. The summed E-state index contributed by atoms with van der Waals surface area (Å²) in [5, 5.41) is 20.4. The summed E-state index contributed by atoms with van der Waals surface area (Å²) in [6.45, 7) is 14.7. The number of esters is 1. The van der Waals surface area contributed by atoms with Gasteiger partial charge in [-0.15, -0.1) is 0 Å². The van der Waals surface area contributed by atoms with Crippen molar-refractivity contribution in [1.29, 1.82) is 0 Å². The number of aliphatic hydroxyl groups is 2. The second kappa shape index (κ2) is 20.5. The monoisotopic (exact) mass is 705 g/mol. The summed E-state index contributed by atoms with van der Waals surface area (Å²) in [7, 11) is 0. The number of allylic oxidation sites excluding steroid dienone is 6. The lowest BCUT2D eigenvalue weighted by atomic mass is 9.47. The largest absolute Gasteiger partial charge is 0.462 e. The minimum Gasteiger partial charge on any atom is -0.462 e. The van der Waals surface area contributed by atoms with Crippen LogP contribution < -0.4 is 0 Å². The molecule has 2 N–H and O–H groups in total. The first-order valence-electron chi connectivity index (χ1n) is 21.4. The van der Waals surface area contributed by atoms with Gasteiger partial charge >= 0.3 is 5.97 Å². The maximum Gasteiger partial charge on any atom is 0.306 e. The Morgan fingerprint density at radius 1 is 0.863 bits per heavy atom. The van der Waals surface area contributed by atoms with Crippen LogP contribution in [0.4, 0.5) is 0 Å². The smallest absolute Gasteiger partial charge is 0.306 e. The number of hydrogen-bond donors (Lipinski definition) is 2. The molecule has 3 fully saturated rings. The van der Waals surface area contributed by atoms with Crippen LogP contribution in [0, 0.1) is 46.3 Å². The van der Waals surface area contributed by atoms with Gasteiger partial charge in [-0.1, -0.05) is 134 Å². The SMILES string of the molecule is CCCCC/C=C\C[C@@H](O)/C=C/C=C/C=C\[C@@H](O)CCCC(=O)O[C@H]1CC[C@@]2(C)C(=CC[C@H]3[C@@H]4CC[C@H]([C@H](C)CCCC(C)C)[C@@]4(C)CC[C@@H]32)C1. The Labute approximate surface area is 313 Å². The quantitative estimate of drug-likeness (QED) is 0.0573. The zero-order valence-electron chi connectivity index (χ0n) is 33.5. The third kappa shape index (κ3) is 11.8. The molecule has 4 aliphatic rings. The molecule has 10 atom stereocenters. The third-order valence-corrected chi connectivity index (χ3v) is 14.0. The van der Waals surface area contributed by atoms with Crippen molar-refractivity contribution >= 4 is 5.97 Å². The Bertz CT molecular complexity index is 1210. The molecule has 0 aromatic carbocycles. The fourth-order valence-corrected chi connectivity index (χ4v) is 11.0. The molecular formula is C47H76O4. The van der Waals surface area contributed by atoms with Gasteiger partial charge in [-0.2, -0.15) is 0 Å². The number of rotatable bonds is 20. The fourth-order valence-electron chi connectivity index (χ4n) is 11.0. The fraction of sp³-hybridized carbons (Fsp3) is 0.766. The van der Waals surface area contributed by atoms with Crippen LogP contribution in [0.5, 0.6) is 0 Å². The summed E-state index contributed by atoms with van der Waals surface area (Å²) in [5.41, 5.74) is 2.35. The van der Waals surface area contributed by atoms with Crippen LogP contribution in [0.1, 0.15) is 164 Å². The van der Waals surface area contributed by atoms with Crippen molar-refractivity contribution in [2.45, 2.75) is 182 Å². The summed E-state index contributed by atoms with van der Waals surface area (Å²) >= 11 is 0. The summed E-state index contributed by atoms with van der Waals surface area (Å²) in [5.74, 6) is 4.90. The van der Waals surface area contributed by atoms with Gasteiger partial charge in [0, 0.05) is 12.8 Å². The average molecular weight is 705 g/mol. The van der Waals surface area contributed by atoms with Crippen LogP contribution in [-0.4, -0.2) is 34.5 Å². The molecule has 288 valence electrons. The molecule has 0 radical (unpaired) electrons. The molecule has 4 rings (SSSR count). The van der Waals surface area contributed by atoms with Gasteiger partial charge in [0.05, 0.1) is 12.2 Å². The van der Waals surface area contributed by atoms with Gasteiger partial charge in [0.25, 0.3) is 0 Å². The Morgan fingerprint density at radius 2 is 1.63 bits per heavy atom. The van der Waals surface area contributed by atoms with E-state index >= 15 is 0 Å². The molecule has 4 nitrogen and oxygen atoms in total. The average Bonchev–Trinajstić information content (AvgIpc) is 3.45. The second-order valence-corrected chi connectivity index (χ2v) is 18.0. The lowest BCUT2D eigenvalue weighted by molar-refractivity contribution is -0.151. The lowest BCUT2D eigenvalue weighted by Crippen LogP contribution is -2.51. The first-order chi connectivity index (χ1) is 24.5. The van der Waals surface area contributed by atoms with Crippen LogP contribution in [0.25, 0.3) is 0 Å². The van der Waals surface area contributed by atoms with Crippen LogP contribution in [0.2, 0.25) is 0 Å². The van der Waals surface area contributed by atoms with Gasteiger partial charge in [0.2, 0.25) is 0 Å². The van der Waals surface area contributed by atoms with Gasteiger partial charge in [-0.05, 0) is 123 Å². The van der Waals surface area contributed by atoms with Gasteiger partial charge in [-0.3, -0.25) is 4.79 Å². The van der Waals surface area contributed by atoms with E-state index in [-0.39, 0.29) is 17.5 Å². The number of hydrogen-bond acceptors (Lipinski definition) is 4. The van der Waals surface area contributed by atoms with Crippen molar-refractivity contribution in [2.75, 3.05) is 0 Å². The van der Waals surface area contributed by atoms with Crippen molar-refractivity contribution in [2.24, 2.45) is 46.3 Å². The van der Waals surface area contributed by atoms with E-state index in [0.29, 0.717) is 31.1 Å². The Kier molecular flexibility index (Phi) is 16.8. The number of aliphatic hydroxyl groups excluding tert-OH is 2. The van der Waals surface area contributed by atoms with E-state index in [0.717, 1.165) is 61.2 Å². The molecule has 4 aliphatic carbocycles. The zero-order valence-corrected chi connectivity index (χ0v) is 33.5. The van der Waals surface area contributed by atoms with Gasteiger partial charge in [-0.25, -0.2) is 0 Å². The molecule has 0 amide bonds. The molecule has 0 bridgehead atoms. The highest BCUT2D eigenvalue weighted by Gasteiger charge is 2.59. The minimum atomic E-state index is -0.592. The molecular weight excluding hydrogens is 629 g/mol. The summed E-state index contributed by atoms with van der Waals surface area (Å²) in [6.07, 6.45) is 37.6. The predicted octanol–water partition coefficient (Wildman–Crippen LogP) is 12.0. The normalized spacial score (nSPS) is 32.7. The summed E-state index contributed by atoms with van der Waals surface area (Å²) in [6, 6.07) is 0. The van der Waals surface area contributed by atoms with E-state index in [9.17, 15) is 15.0 Å². The van der Waals surface area contributed by atoms with E-state index in [4.69, 9.17) is 4.74 Å². The summed E-state index contributed by atoms with van der Waals surface area (Å²) in [4.78, 5) is 12.8. The highest BCUT2D eigenvalue weighted by atomic mass is 16.5. The Hall–Kier alpha value is -1.91. The molecule has 0 saturated heterocycles. The van der Waals surface area contributed by atoms with Crippen LogP contribution in [0.15, 0.2) is 60.3 Å². The van der Waals surface area contributed by atoms with Crippen molar-refractivity contribution in [3.05, 3.63) is 60.3 Å². The molecule has 0 heterocycles. The van der Waals surface area contributed by atoms with Crippen LogP contribution in [-0.2, 0) is 9.53 Å². The van der Waals surface area contributed by atoms with Gasteiger partial charge in [0.1, 0.15) is 6.10 Å². The lowest BCUT2D eigenvalue weighted by Gasteiger charge is -2.58. The molecule has 51 heavy (non-hydrogen) atoms. The molecule has 0 spiro atoms. The molecule has 0 aliphatic heterocycles. The highest BCUT2D eigenvalue weighted by molar-refractivity contribution is 5.69. The maximum atomic E-state index is 12.8. The van der Waals surface area contributed by atoms with Crippen LogP contribution >= 0.6 is 0 Å². The molecule has 4 heteroatoms. The van der Waals surface area contributed by atoms with Crippen LogP contribution in [0.3, 0.4) is 0 Å². The zero-order chi connectivity index (χ0) is 36.9. The number of carbonyl (C=O) groups is 1. The van der Waals surface area contributed by atoms with Gasteiger partial charge in [0.15, 0.2) is 0 Å². The van der Waals surface area contributed by atoms with E-state index in [1.165, 1.54) is 70.6 Å². The maximum absolute atomic E-state index is 12.8. The highest BCUT2D eigenvalue weighted by Crippen LogP contribution is 2.67. The second-order valence-electron chi connectivity index (χ2n) is 18.0. The number of unbranched alkanes of at least 4 members (excludes halogenated alkanes) is 3. The molecule has 0 aromatic heterocycles. The van der Waals surface area contributed by atoms with Crippen molar-refractivity contribution in [3.63, 3.8) is 0 Å². The van der Waals surface area contributed by atoms with Crippen molar-refractivity contribution in [3.8, 4) is 0 Å². The van der Waals surface area contributed by atoms with Crippen molar-refractivity contribution < 1.29 is 19.7 Å². The Morgan fingerprint density at radius 3 is 2.37 bits per heavy atom. The molecule has 0 unspecified atom stereocenters. The summed E-state index contributed by atoms with van der Waals surface area (Å²) < 4.78 is 6.04. The van der Waals surface area contributed by atoms with E-state index < -0.39 is 12.2 Å². The van der Waals surface area contributed by atoms with Gasteiger partial charge < -0.3 is 14.9 Å². The Balaban J connectivity index is 1.16. The van der Waals surface area contributed by atoms with E-state index in [1.807, 2.05) is 24.3 Å². The van der Waals surface area contributed by atoms with E-state index in [1.54, 1.807) is 17.7 Å². The van der Waals surface area contributed by atoms with E-state index in [2.05, 4.69) is 59.8 Å². The predicted molar refractivity (Wildman–Crippen MR) is 214 cm³/mol.